The Hall–Kier alpha value is -1.16. The van der Waals surface area contributed by atoms with Gasteiger partial charge >= 0.3 is 0 Å². The average molecular weight is 167 g/mol. The Morgan fingerprint density at radius 1 is 1.42 bits per heavy atom. The minimum Gasteiger partial charge on any atom is -0.477 e. The second kappa shape index (κ2) is 4.66. The highest BCUT2D eigenvalue weighted by atomic mass is 16.5. The van der Waals surface area contributed by atoms with Crippen molar-refractivity contribution in [2.45, 2.75) is 13.5 Å². The molecule has 0 saturated carbocycles. The predicted octanol–water partition coefficient (Wildman–Crippen LogP) is 0.595. The maximum absolute atomic E-state index is 5.14. The van der Waals surface area contributed by atoms with E-state index in [1.54, 1.807) is 12.4 Å². The molecule has 66 valence electrons. The molecular formula is C8H13N3O. The van der Waals surface area contributed by atoms with Gasteiger partial charge in [-0.1, -0.05) is 0 Å². The fraction of sp³-hybridized carbons (Fsp3) is 0.500. The van der Waals surface area contributed by atoms with Crippen molar-refractivity contribution in [3.8, 4) is 5.88 Å². The van der Waals surface area contributed by atoms with Gasteiger partial charge in [0.2, 0.25) is 5.88 Å². The van der Waals surface area contributed by atoms with Gasteiger partial charge in [-0.25, -0.2) is 4.98 Å². The Morgan fingerprint density at radius 3 is 2.75 bits per heavy atom. The summed E-state index contributed by atoms with van der Waals surface area (Å²) in [5.74, 6) is 0.581. The minimum absolute atomic E-state index is 0.581. The molecule has 0 aliphatic heterocycles. The van der Waals surface area contributed by atoms with Crippen molar-refractivity contribution >= 4 is 0 Å². The monoisotopic (exact) mass is 167 g/mol. The molecule has 4 heteroatoms. The molecule has 0 fully saturated rings. The number of hydrogen-bond donors (Lipinski definition) is 1. The predicted molar refractivity (Wildman–Crippen MR) is 46.0 cm³/mol. The van der Waals surface area contributed by atoms with E-state index in [1.165, 1.54) is 0 Å². The van der Waals surface area contributed by atoms with Crippen LogP contribution in [0.4, 0.5) is 0 Å². The first kappa shape index (κ1) is 8.93. The highest BCUT2D eigenvalue weighted by molar-refractivity contribution is 5.06. The summed E-state index contributed by atoms with van der Waals surface area (Å²) in [7, 11) is 1.87. The van der Waals surface area contributed by atoms with Crippen molar-refractivity contribution in [2.24, 2.45) is 0 Å². The number of nitrogens with zero attached hydrogens (tertiary/aromatic N) is 2. The molecule has 0 unspecified atom stereocenters. The van der Waals surface area contributed by atoms with Gasteiger partial charge in [0.15, 0.2) is 0 Å². The summed E-state index contributed by atoms with van der Waals surface area (Å²) in [6.45, 7) is 3.28. The van der Waals surface area contributed by atoms with Crippen LogP contribution in [0.2, 0.25) is 0 Å². The van der Waals surface area contributed by atoms with Crippen LogP contribution in [-0.4, -0.2) is 23.6 Å². The first-order chi connectivity index (χ1) is 5.86. The summed E-state index contributed by atoms with van der Waals surface area (Å²) in [6, 6.07) is 0. The highest BCUT2D eigenvalue weighted by Crippen LogP contribution is 2.02. The molecule has 0 aliphatic carbocycles. The number of ether oxygens (including phenoxy) is 1. The number of rotatable bonds is 4. The zero-order valence-corrected chi connectivity index (χ0v) is 7.37. The maximum atomic E-state index is 5.14. The fourth-order valence-electron chi connectivity index (χ4n) is 0.838. The Bertz CT molecular complexity index is 197. The molecule has 1 heterocycles. The molecule has 1 aromatic heterocycles. The summed E-state index contributed by atoms with van der Waals surface area (Å²) >= 11 is 0. The summed E-state index contributed by atoms with van der Waals surface area (Å²) in [4.78, 5) is 8.20. The highest BCUT2D eigenvalue weighted by Gasteiger charge is 1.95. The van der Waals surface area contributed by atoms with E-state index in [4.69, 9.17) is 4.74 Å². The van der Waals surface area contributed by atoms with Crippen LogP contribution >= 0.6 is 0 Å². The van der Waals surface area contributed by atoms with E-state index in [-0.39, 0.29) is 0 Å². The molecule has 0 aromatic carbocycles. The van der Waals surface area contributed by atoms with E-state index in [1.807, 2.05) is 14.0 Å². The van der Waals surface area contributed by atoms with Crippen LogP contribution in [0.1, 0.15) is 12.6 Å². The third kappa shape index (κ3) is 2.47. The van der Waals surface area contributed by atoms with Crippen LogP contribution in [-0.2, 0) is 6.54 Å². The van der Waals surface area contributed by atoms with E-state index >= 15 is 0 Å². The lowest BCUT2D eigenvalue weighted by Crippen LogP contribution is -2.07. The van der Waals surface area contributed by atoms with Crippen molar-refractivity contribution in [3.05, 3.63) is 18.1 Å². The van der Waals surface area contributed by atoms with Crippen LogP contribution in [0.25, 0.3) is 0 Å². The van der Waals surface area contributed by atoms with Gasteiger partial charge < -0.3 is 10.1 Å². The first-order valence-electron chi connectivity index (χ1n) is 3.95. The van der Waals surface area contributed by atoms with Crippen molar-refractivity contribution in [2.75, 3.05) is 13.7 Å². The lowest BCUT2D eigenvalue weighted by molar-refractivity contribution is 0.325. The number of nitrogens with one attached hydrogen (secondary N) is 1. The molecule has 4 nitrogen and oxygen atoms in total. The topological polar surface area (TPSA) is 47.0 Å². The van der Waals surface area contributed by atoms with Gasteiger partial charge in [-0.15, -0.1) is 0 Å². The van der Waals surface area contributed by atoms with E-state index in [2.05, 4.69) is 15.3 Å². The lowest BCUT2D eigenvalue weighted by Gasteiger charge is -2.01. The van der Waals surface area contributed by atoms with Gasteiger partial charge in [0.1, 0.15) is 0 Å². The van der Waals surface area contributed by atoms with Gasteiger partial charge in [-0.2, -0.15) is 0 Å². The zero-order valence-electron chi connectivity index (χ0n) is 7.37. The molecule has 1 N–H and O–H groups in total. The van der Waals surface area contributed by atoms with Gasteiger partial charge in [0, 0.05) is 6.54 Å². The van der Waals surface area contributed by atoms with Crippen LogP contribution in [0.3, 0.4) is 0 Å². The third-order valence-corrected chi connectivity index (χ3v) is 1.33. The van der Waals surface area contributed by atoms with Crippen molar-refractivity contribution in [1.29, 1.82) is 0 Å². The number of hydrogen-bond acceptors (Lipinski definition) is 4. The second-order valence-electron chi connectivity index (χ2n) is 2.31. The Labute approximate surface area is 72.0 Å². The molecule has 0 radical (unpaired) electrons. The Balaban J connectivity index is 2.58. The number of aromatic nitrogens is 2. The molecule has 0 atom stereocenters. The Kier molecular flexibility index (Phi) is 3.47. The molecular weight excluding hydrogens is 154 g/mol. The quantitative estimate of drug-likeness (QED) is 0.713. The molecule has 0 amide bonds. The van der Waals surface area contributed by atoms with Gasteiger partial charge in [0.05, 0.1) is 24.7 Å². The lowest BCUT2D eigenvalue weighted by atomic mass is 10.4. The summed E-state index contributed by atoms with van der Waals surface area (Å²) < 4.78 is 5.14. The molecule has 0 spiro atoms. The van der Waals surface area contributed by atoms with Crippen LogP contribution in [0.15, 0.2) is 12.4 Å². The molecule has 0 aliphatic rings. The third-order valence-electron chi connectivity index (χ3n) is 1.33. The molecule has 1 aromatic rings. The van der Waals surface area contributed by atoms with Gasteiger partial charge in [-0.3, -0.25) is 4.98 Å². The van der Waals surface area contributed by atoms with Crippen LogP contribution in [0.5, 0.6) is 5.88 Å². The summed E-state index contributed by atoms with van der Waals surface area (Å²) in [6.07, 6.45) is 3.34. The van der Waals surface area contributed by atoms with E-state index in [9.17, 15) is 0 Å². The van der Waals surface area contributed by atoms with Crippen LogP contribution < -0.4 is 10.1 Å². The second-order valence-corrected chi connectivity index (χ2v) is 2.31. The normalized spacial score (nSPS) is 9.83. The van der Waals surface area contributed by atoms with Crippen molar-refractivity contribution in [1.82, 2.24) is 15.3 Å². The van der Waals surface area contributed by atoms with Crippen molar-refractivity contribution < 1.29 is 4.74 Å². The Morgan fingerprint density at radius 2 is 2.25 bits per heavy atom. The molecule has 12 heavy (non-hydrogen) atoms. The fourth-order valence-corrected chi connectivity index (χ4v) is 0.838. The minimum atomic E-state index is 0.581. The zero-order chi connectivity index (χ0) is 8.81. The smallest absolute Gasteiger partial charge is 0.232 e. The van der Waals surface area contributed by atoms with E-state index in [0.717, 1.165) is 12.2 Å². The SMILES string of the molecule is CCOc1cnc(CNC)cn1. The first-order valence-corrected chi connectivity index (χ1v) is 3.95. The largest absolute Gasteiger partial charge is 0.477 e. The maximum Gasteiger partial charge on any atom is 0.232 e. The molecule has 1 rings (SSSR count). The van der Waals surface area contributed by atoms with E-state index in [0.29, 0.717) is 12.5 Å². The summed E-state index contributed by atoms with van der Waals surface area (Å²) in [5, 5.41) is 2.99. The van der Waals surface area contributed by atoms with Crippen LogP contribution in [0, 0.1) is 0 Å². The average Bonchev–Trinajstić information content (AvgIpc) is 2.09. The van der Waals surface area contributed by atoms with Crippen molar-refractivity contribution in [3.63, 3.8) is 0 Å². The van der Waals surface area contributed by atoms with Gasteiger partial charge in [0.25, 0.3) is 0 Å². The molecule has 0 saturated heterocycles. The standard InChI is InChI=1S/C8H13N3O/c1-3-12-8-6-10-7(4-9-2)5-11-8/h5-6,9H,3-4H2,1-2H3. The van der Waals surface area contributed by atoms with Gasteiger partial charge in [-0.05, 0) is 14.0 Å². The summed E-state index contributed by atoms with van der Waals surface area (Å²) in [5.41, 5.74) is 0.918. The molecule has 0 bridgehead atoms. The van der Waals surface area contributed by atoms with E-state index < -0.39 is 0 Å².